The van der Waals surface area contributed by atoms with E-state index in [1.54, 1.807) is 0 Å². The molecule has 4 nitrogen and oxygen atoms in total. The van der Waals surface area contributed by atoms with Gasteiger partial charge in [0.25, 0.3) is 0 Å². The van der Waals surface area contributed by atoms with Crippen LogP contribution in [0, 0.1) is 5.82 Å². The van der Waals surface area contributed by atoms with E-state index in [2.05, 4.69) is 4.98 Å². The number of hydrogen-bond acceptors (Lipinski definition) is 3. The average Bonchev–Trinajstić information content (AvgIpc) is 2.44. The van der Waals surface area contributed by atoms with Crippen molar-refractivity contribution in [1.29, 1.82) is 0 Å². The highest BCUT2D eigenvalue weighted by Gasteiger charge is 2.09. The van der Waals surface area contributed by atoms with Crippen molar-refractivity contribution >= 4 is 17.1 Å². The number of benzene rings is 1. The third-order valence-corrected chi connectivity index (χ3v) is 1.70. The van der Waals surface area contributed by atoms with Crippen molar-refractivity contribution in [2.24, 2.45) is 0 Å². The zero-order valence-electron chi connectivity index (χ0n) is 7.03. The molecule has 0 saturated carbocycles. The second kappa shape index (κ2) is 3.10. The van der Waals surface area contributed by atoms with Gasteiger partial charge in [0.2, 0.25) is 5.89 Å². The molecule has 0 unspecified atom stereocenters. The largest absolute Gasteiger partial charge is 0.481 e. The Labute approximate surface area is 78.0 Å². The second-order valence-corrected chi connectivity index (χ2v) is 2.79. The molecule has 0 amide bonds. The summed E-state index contributed by atoms with van der Waals surface area (Å²) in [7, 11) is 0. The number of aliphatic carboxylic acids is 1. The third kappa shape index (κ3) is 1.56. The maximum absolute atomic E-state index is 12.7. The van der Waals surface area contributed by atoms with Crippen LogP contribution >= 0.6 is 0 Å². The molecule has 0 aliphatic rings. The van der Waals surface area contributed by atoms with Crippen LogP contribution in [0.25, 0.3) is 11.1 Å². The monoisotopic (exact) mass is 195 g/mol. The lowest BCUT2D eigenvalue weighted by atomic mass is 10.3. The van der Waals surface area contributed by atoms with E-state index in [0.717, 1.165) is 0 Å². The molecule has 0 aliphatic heterocycles. The zero-order valence-corrected chi connectivity index (χ0v) is 7.03. The molecular weight excluding hydrogens is 189 g/mol. The van der Waals surface area contributed by atoms with Gasteiger partial charge in [-0.05, 0) is 12.1 Å². The molecule has 2 rings (SSSR count). The first-order chi connectivity index (χ1) is 6.65. The van der Waals surface area contributed by atoms with Gasteiger partial charge >= 0.3 is 5.97 Å². The van der Waals surface area contributed by atoms with E-state index in [1.807, 2.05) is 0 Å². The molecule has 1 N–H and O–H groups in total. The number of rotatable bonds is 2. The molecule has 14 heavy (non-hydrogen) atoms. The Hall–Kier alpha value is -1.91. The van der Waals surface area contributed by atoms with Gasteiger partial charge in [0, 0.05) is 6.07 Å². The van der Waals surface area contributed by atoms with Crippen molar-refractivity contribution in [2.45, 2.75) is 6.42 Å². The van der Waals surface area contributed by atoms with Crippen LogP contribution in [-0.2, 0) is 11.2 Å². The molecule has 0 radical (unpaired) electrons. The number of carboxylic acids is 1. The molecule has 0 saturated heterocycles. The quantitative estimate of drug-likeness (QED) is 0.790. The van der Waals surface area contributed by atoms with E-state index in [-0.39, 0.29) is 12.3 Å². The van der Waals surface area contributed by atoms with Crippen LogP contribution < -0.4 is 0 Å². The van der Waals surface area contributed by atoms with E-state index in [0.29, 0.717) is 11.1 Å². The molecule has 0 bridgehead atoms. The zero-order chi connectivity index (χ0) is 10.1. The molecule has 0 spiro atoms. The molecule has 0 aliphatic carbocycles. The summed E-state index contributed by atoms with van der Waals surface area (Å²) >= 11 is 0. The van der Waals surface area contributed by atoms with Crippen LogP contribution in [0.5, 0.6) is 0 Å². The summed E-state index contributed by atoms with van der Waals surface area (Å²) in [5.41, 5.74) is 0.726. The van der Waals surface area contributed by atoms with E-state index in [4.69, 9.17) is 9.52 Å². The maximum Gasteiger partial charge on any atom is 0.312 e. The predicted octanol–water partition coefficient (Wildman–Crippen LogP) is 1.59. The first kappa shape index (κ1) is 8.68. The van der Waals surface area contributed by atoms with Crippen molar-refractivity contribution in [1.82, 2.24) is 4.98 Å². The number of carboxylic acid groups (broad SMARTS) is 1. The van der Waals surface area contributed by atoms with Crippen LogP contribution in [0.15, 0.2) is 22.6 Å². The summed E-state index contributed by atoms with van der Waals surface area (Å²) in [6.07, 6.45) is -0.295. The number of oxazole rings is 1. The minimum Gasteiger partial charge on any atom is -0.481 e. The van der Waals surface area contributed by atoms with Gasteiger partial charge in [-0.3, -0.25) is 4.79 Å². The Balaban J connectivity index is 2.46. The standard InChI is InChI=1S/C9H6FNO3/c10-5-1-2-7-6(3-5)11-8(14-7)4-9(12)13/h1-3H,4H2,(H,12,13). The van der Waals surface area contributed by atoms with E-state index >= 15 is 0 Å². The minimum atomic E-state index is -1.03. The number of nitrogens with zero attached hydrogens (tertiary/aromatic N) is 1. The lowest BCUT2D eigenvalue weighted by Gasteiger charge is -1.85. The molecule has 1 aromatic heterocycles. The fourth-order valence-electron chi connectivity index (χ4n) is 1.15. The van der Waals surface area contributed by atoms with Crippen molar-refractivity contribution in [3.63, 3.8) is 0 Å². The highest BCUT2D eigenvalue weighted by molar-refractivity contribution is 5.74. The van der Waals surface area contributed by atoms with Gasteiger partial charge in [-0.25, -0.2) is 9.37 Å². The van der Waals surface area contributed by atoms with Gasteiger partial charge < -0.3 is 9.52 Å². The predicted molar refractivity (Wildman–Crippen MR) is 45.3 cm³/mol. The highest BCUT2D eigenvalue weighted by Crippen LogP contribution is 2.16. The summed E-state index contributed by atoms with van der Waals surface area (Å²) in [5, 5.41) is 8.47. The lowest BCUT2D eigenvalue weighted by molar-refractivity contribution is -0.136. The highest BCUT2D eigenvalue weighted by atomic mass is 19.1. The fourth-order valence-corrected chi connectivity index (χ4v) is 1.15. The van der Waals surface area contributed by atoms with E-state index in [1.165, 1.54) is 18.2 Å². The minimum absolute atomic E-state index is 0.0816. The van der Waals surface area contributed by atoms with Gasteiger partial charge in [0.15, 0.2) is 5.58 Å². The molecule has 2 aromatic rings. The first-order valence-electron chi connectivity index (χ1n) is 3.92. The third-order valence-electron chi connectivity index (χ3n) is 1.70. The summed E-state index contributed by atoms with van der Waals surface area (Å²) in [4.78, 5) is 14.2. The molecule has 72 valence electrons. The Morgan fingerprint density at radius 1 is 1.57 bits per heavy atom. The molecule has 5 heteroatoms. The van der Waals surface area contributed by atoms with Crippen molar-refractivity contribution in [3.05, 3.63) is 29.9 Å². The molecule has 1 aromatic carbocycles. The molecule has 1 heterocycles. The Morgan fingerprint density at radius 2 is 2.36 bits per heavy atom. The topological polar surface area (TPSA) is 63.3 Å². The Kier molecular flexibility index (Phi) is 1.92. The Morgan fingerprint density at radius 3 is 3.07 bits per heavy atom. The maximum atomic E-state index is 12.7. The van der Waals surface area contributed by atoms with Crippen molar-refractivity contribution < 1.29 is 18.7 Å². The average molecular weight is 195 g/mol. The number of fused-ring (bicyclic) bond motifs is 1. The summed E-state index contributed by atoms with van der Waals surface area (Å²) in [5.74, 6) is -1.37. The number of halogens is 1. The SMILES string of the molecule is O=C(O)Cc1nc2cc(F)ccc2o1. The van der Waals surface area contributed by atoms with E-state index < -0.39 is 11.8 Å². The number of hydrogen-bond donors (Lipinski definition) is 1. The summed E-state index contributed by atoms with van der Waals surface area (Å²) < 4.78 is 17.8. The van der Waals surface area contributed by atoms with Crippen LogP contribution in [0.3, 0.4) is 0 Å². The smallest absolute Gasteiger partial charge is 0.312 e. The molecular formula is C9H6FNO3. The summed E-state index contributed by atoms with van der Waals surface area (Å²) in [6, 6.07) is 3.85. The van der Waals surface area contributed by atoms with Crippen molar-refractivity contribution in [3.8, 4) is 0 Å². The summed E-state index contributed by atoms with van der Waals surface area (Å²) in [6.45, 7) is 0. The second-order valence-electron chi connectivity index (χ2n) is 2.79. The van der Waals surface area contributed by atoms with Gasteiger partial charge in [-0.1, -0.05) is 0 Å². The van der Waals surface area contributed by atoms with Gasteiger partial charge in [-0.2, -0.15) is 0 Å². The van der Waals surface area contributed by atoms with Gasteiger partial charge in [0.1, 0.15) is 17.8 Å². The van der Waals surface area contributed by atoms with Gasteiger partial charge in [-0.15, -0.1) is 0 Å². The van der Waals surface area contributed by atoms with E-state index in [9.17, 15) is 9.18 Å². The van der Waals surface area contributed by atoms with Crippen molar-refractivity contribution in [2.75, 3.05) is 0 Å². The normalized spacial score (nSPS) is 10.6. The van der Waals surface area contributed by atoms with Crippen LogP contribution in [-0.4, -0.2) is 16.1 Å². The van der Waals surface area contributed by atoms with Gasteiger partial charge in [0.05, 0.1) is 0 Å². The lowest BCUT2D eigenvalue weighted by Crippen LogP contribution is -1.99. The first-order valence-corrected chi connectivity index (χ1v) is 3.92. The Bertz CT molecular complexity index is 492. The fraction of sp³-hybridized carbons (Fsp3) is 0.111. The molecule has 0 fully saturated rings. The number of aromatic nitrogens is 1. The van der Waals surface area contributed by atoms with Crippen LogP contribution in [0.1, 0.15) is 5.89 Å². The molecule has 0 atom stereocenters. The van der Waals surface area contributed by atoms with Crippen LogP contribution in [0.2, 0.25) is 0 Å². The van der Waals surface area contributed by atoms with Crippen LogP contribution in [0.4, 0.5) is 4.39 Å². The number of carbonyl (C=O) groups is 1.